The molecule has 6 heteroatoms. The Balaban J connectivity index is 2.24. The van der Waals surface area contributed by atoms with Crippen LogP contribution in [0.15, 0.2) is 67.3 Å². The first-order chi connectivity index (χ1) is 13.0. The largest absolute Gasteiger partial charge is 0.453 e. The molecule has 3 aromatic rings. The van der Waals surface area contributed by atoms with Crippen molar-refractivity contribution in [2.75, 3.05) is 0 Å². The van der Waals surface area contributed by atoms with Crippen LogP contribution >= 0.6 is 11.6 Å². The topological polar surface area (TPSA) is 61.8 Å². The van der Waals surface area contributed by atoms with Crippen molar-refractivity contribution < 1.29 is 23.8 Å². The van der Waals surface area contributed by atoms with Gasteiger partial charge in [-0.2, -0.15) is 0 Å². The number of carbonyl (C=O) groups excluding carboxylic acids is 2. The highest BCUT2D eigenvalue weighted by molar-refractivity contribution is 6.31. The predicted octanol–water partition coefficient (Wildman–Crippen LogP) is 5.30. The minimum absolute atomic E-state index is 0.173. The maximum absolute atomic E-state index is 11.9. The molecule has 0 bridgehead atoms. The normalized spacial score (nSPS) is 10.3. The summed E-state index contributed by atoms with van der Waals surface area (Å²) in [7, 11) is 0. The molecule has 0 aromatic heterocycles. The molecule has 5 nitrogen and oxygen atoms in total. The first-order valence-corrected chi connectivity index (χ1v) is 8.37. The van der Waals surface area contributed by atoms with Crippen molar-refractivity contribution in [1.29, 1.82) is 0 Å². The van der Waals surface area contributed by atoms with Crippen molar-refractivity contribution in [2.45, 2.75) is 6.92 Å². The van der Waals surface area contributed by atoms with E-state index in [4.69, 9.17) is 25.8 Å². The van der Waals surface area contributed by atoms with Gasteiger partial charge in [-0.3, -0.25) is 4.79 Å². The molecule has 0 heterocycles. The van der Waals surface area contributed by atoms with Crippen LogP contribution in [0.4, 0.5) is 0 Å². The minimum atomic E-state index is -0.649. The van der Waals surface area contributed by atoms with Crippen LogP contribution in [0.1, 0.15) is 6.92 Å². The summed E-state index contributed by atoms with van der Waals surface area (Å²) in [4.78, 5) is 23.4. The number of halogens is 1. The van der Waals surface area contributed by atoms with Crippen LogP contribution in [-0.2, 0) is 9.59 Å². The number of hydrogen-bond donors (Lipinski definition) is 0. The number of fused-ring (bicyclic) bond motifs is 1. The molecule has 27 heavy (non-hydrogen) atoms. The summed E-state index contributed by atoms with van der Waals surface area (Å²) in [5, 5.41) is 1.44. The number of esters is 2. The Morgan fingerprint density at radius 3 is 2.37 bits per heavy atom. The minimum Gasteiger partial charge on any atom is -0.453 e. The predicted molar refractivity (Wildman–Crippen MR) is 103 cm³/mol. The average molecular weight is 383 g/mol. The van der Waals surface area contributed by atoms with Crippen molar-refractivity contribution in [2.24, 2.45) is 0 Å². The first-order valence-electron chi connectivity index (χ1n) is 7.99. The molecule has 0 aliphatic carbocycles. The molecule has 0 atom stereocenters. The fourth-order valence-electron chi connectivity index (χ4n) is 2.49. The van der Waals surface area contributed by atoms with E-state index in [-0.39, 0.29) is 17.2 Å². The van der Waals surface area contributed by atoms with Crippen LogP contribution in [0.3, 0.4) is 0 Å². The molecule has 0 unspecified atom stereocenters. The van der Waals surface area contributed by atoms with E-state index in [1.807, 2.05) is 6.07 Å². The van der Waals surface area contributed by atoms with Gasteiger partial charge in [0, 0.05) is 34.9 Å². The van der Waals surface area contributed by atoms with E-state index < -0.39 is 11.9 Å². The second kappa shape index (κ2) is 7.93. The zero-order chi connectivity index (χ0) is 19.4. The molecule has 0 aliphatic heterocycles. The van der Waals surface area contributed by atoms with Crippen molar-refractivity contribution in [1.82, 2.24) is 0 Å². The van der Waals surface area contributed by atoms with Gasteiger partial charge in [-0.1, -0.05) is 36.4 Å². The third kappa shape index (κ3) is 4.27. The molecule has 3 aromatic carbocycles. The van der Waals surface area contributed by atoms with Gasteiger partial charge >= 0.3 is 11.9 Å². The van der Waals surface area contributed by atoms with Crippen molar-refractivity contribution in [3.63, 3.8) is 0 Å². The van der Waals surface area contributed by atoms with Gasteiger partial charge in [-0.15, -0.1) is 0 Å². The van der Waals surface area contributed by atoms with E-state index >= 15 is 0 Å². The molecular formula is C21H15ClO5. The molecule has 0 radical (unpaired) electrons. The molecule has 0 spiro atoms. The molecule has 0 fully saturated rings. The van der Waals surface area contributed by atoms with Crippen LogP contribution in [0.25, 0.3) is 10.8 Å². The van der Waals surface area contributed by atoms with E-state index in [1.54, 1.807) is 42.5 Å². The highest BCUT2D eigenvalue weighted by Gasteiger charge is 2.19. The maximum atomic E-state index is 11.9. The molecule has 0 saturated heterocycles. The lowest BCUT2D eigenvalue weighted by molar-refractivity contribution is -0.132. The monoisotopic (exact) mass is 382 g/mol. The number of para-hydroxylation sites is 1. The summed E-state index contributed by atoms with van der Waals surface area (Å²) in [5.74, 6) is -0.00390. The highest BCUT2D eigenvalue weighted by Crippen LogP contribution is 2.44. The lowest BCUT2D eigenvalue weighted by Crippen LogP contribution is -2.07. The summed E-state index contributed by atoms with van der Waals surface area (Å²) < 4.78 is 16.6. The van der Waals surface area contributed by atoms with E-state index in [0.29, 0.717) is 21.5 Å². The van der Waals surface area contributed by atoms with Gasteiger partial charge in [0.25, 0.3) is 0 Å². The van der Waals surface area contributed by atoms with Crippen molar-refractivity contribution in [3.05, 3.63) is 72.3 Å². The van der Waals surface area contributed by atoms with E-state index in [9.17, 15) is 9.59 Å². The standard InChI is InChI=1S/C21H15ClO5/c1-3-20(24)27-21-16-10-9-14(22)11-17(16)18(25-13(2)23)12-19(21)26-15-7-5-4-6-8-15/h3-12H,1H2,2H3. The summed E-state index contributed by atoms with van der Waals surface area (Å²) in [6.45, 7) is 4.71. The number of ether oxygens (including phenoxy) is 3. The van der Waals surface area contributed by atoms with Gasteiger partial charge in [-0.05, 0) is 30.3 Å². The van der Waals surface area contributed by atoms with Gasteiger partial charge in [0.05, 0.1) is 0 Å². The molecule has 136 valence electrons. The zero-order valence-corrected chi connectivity index (χ0v) is 15.2. The van der Waals surface area contributed by atoms with Crippen LogP contribution in [0.2, 0.25) is 5.02 Å². The summed E-state index contributed by atoms with van der Waals surface area (Å²) in [6, 6.07) is 15.3. The Morgan fingerprint density at radius 1 is 0.963 bits per heavy atom. The Kier molecular flexibility index (Phi) is 5.43. The number of hydrogen-bond acceptors (Lipinski definition) is 5. The summed E-state index contributed by atoms with van der Waals surface area (Å²) in [5.41, 5.74) is 0. The first kappa shape index (κ1) is 18.5. The Morgan fingerprint density at radius 2 is 1.70 bits per heavy atom. The van der Waals surface area contributed by atoms with Gasteiger partial charge in [0.15, 0.2) is 11.5 Å². The van der Waals surface area contributed by atoms with Gasteiger partial charge in [0.2, 0.25) is 0 Å². The third-order valence-corrected chi connectivity index (χ3v) is 3.81. The van der Waals surface area contributed by atoms with E-state index in [2.05, 4.69) is 6.58 Å². The van der Waals surface area contributed by atoms with Crippen LogP contribution in [0.5, 0.6) is 23.0 Å². The second-order valence-corrected chi connectivity index (χ2v) is 5.96. The van der Waals surface area contributed by atoms with Gasteiger partial charge in [0.1, 0.15) is 11.5 Å². The van der Waals surface area contributed by atoms with Gasteiger partial charge in [-0.25, -0.2) is 4.79 Å². The van der Waals surface area contributed by atoms with Crippen molar-refractivity contribution in [3.8, 4) is 23.0 Å². The smallest absolute Gasteiger partial charge is 0.335 e. The Labute approximate surface area is 160 Å². The lowest BCUT2D eigenvalue weighted by Gasteiger charge is -2.16. The highest BCUT2D eigenvalue weighted by atomic mass is 35.5. The molecule has 0 N–H and O–H groups in total. The average Bonchev–Trinajstić information content (AvgIpc) is 2.65. The Bertz CT molecular complexity index is 1030. The zero-order valence-electron chi connectivity index (χ0n) is 14.4. The lowest BCUT2D eigenvalue weighted by atomic mass is 10.1. The fraction of sp³-hybridized carbons (Fsp3) is 0.0476. The number of benzene rings is 3. The maximum Gasteiger partial charge on any atom is 0.335 e. The van der Waals surface area contributed by atoms with Crippen LogP contribution in [-0.4, -0.2) is 11.9 Å². The second-order valence-electron chi connectivity index (χ2n) is 5.53. The molecule has 0 aliphatic rings. The van der Waals surface area contributed by atoms with Crippen LogP contribution in [0, 0.1) is 0 Å². The SMILES string of the molecule is C=CC(=O)Oc1c(Oc2ccccc2)cc(OC(C)=O)c2cc(Cl)ccc12. The number of carbonyl (C=O) groups is 2. The summed E-state index contributed by atoms with van der Waals surface area (Å²) >= 11 is 6.09. The molecule has 3 rings (SSSR count). The van der Waals surface area contributed by atoms with E-state index in [0.717, 1.165) is 6.08 Å². The van der Waals surface area contributed by atoms with E-state index in [1.165, 1.54) is 13.0 Å². The van der Waals surface area contributed by atoms with Crippen molar-refractivity contribution >= 4 is 34.3 Å². The summed E-state index contributed by atoms with van der Waals surface area (Å²) in [6.07, 6.45) is 1.05. The number of rotatable bonds is 5. The van der Waals surface area contributed by atoms with Crippen LogP contribution < -0.4 is 14.2 Å². The molecule has 0 amide bonds. The third-order valence-electron chi connectivity index (χ3n) is 3.57. The molecule has 0 saturated carbocycles. The fourth-order valence-corrected chi connectivity index (χ4v) is 2.66. The Hall–Kier alpha value is -3.31. The molecular weight excluding hydrogens is 368 g/mol. The quantitative estimate of drug-likeness (QED) is 0.340. The van der Waals surface area contributed by atoms with Gasteiger partial charge < -0.3 is 14.2 Å².